The first kappa shape index (κ1) is 18.6. The van der Waals surface area contributed by atoms with Crippen molar-refractivity contribution >= 4 is 28.6 Å². The summed E-state index contributed by atoms with van der Waals surface area (Å²) >= 11 is 0. The number of nitrogens with zero attached hydrogens (tertiary/aromatic N) is 1. The van der Waals surface area contributed by atoms with Gasteiger partial charge in [-0.25, -0.2) is 0 Å². The van der Waals surface area contributed by atoms with E-state index < -0.39 is 29.5 Å². The van der Waals surface area contributed by atoms with Gasteiger partial charge in [-0.3, -0.25) is 19.3 Å². The molecule has 0 spiro atoms. The van der Waals surface area contributed by atoms with Crippen molar-refractivity contribution in [2.45, 2.75) is 19.6 Å². The Morgan fingerprint density at radius 1 is 1.14 bits per heavy atom. The van der Waals surface area contributed by atoms with Crippen LogP contribution in [0.3, 0.4) is 0 Å². The Morgan fingerprint density at radius 3 is 2.57 bits per heavy atom. The van der Waals surface area contributed by atoms with Gasteiger partial charge in [0.2, 0.25) is 0 Å². The topological polar surface area (TPSA) is 82.1 Å². The van der Waals surface area contributed by atoms with E-state index in [2.05, 4.69) is 0 Å². The molecule has 2 aromatic rings. The van der Waals surface area contributed by atoms with Crippen LogP contribution >= 0.6 is 0 Å². The SMILES string of the molecule is CCOC(=O)C(CN1C(=O)c2ccc3ccccc3c2C1=O)C1(C)OCCO1. The lowest BCUT2D eigenvalue weighted by molar-refractivity contribution is -0.201. The smallest absolute Gasteiger partial charge is 0.316 e. The van der Waals surface area contributed by atoms with Crippen LogP contribution in [0.25, 0.3) is 10.8 Å². The standard InChI is InChI=1S/C21H21NO6/c1-3-26-20(25)16(21(2)27-10-11-28-21)12-22-18(23)15-9-8-13-6-4-5-7-14(13)17(15)19(22)24/h4-9,16H,3,10-12H2,1-2H3. The number of fused-ring (bicyclic) bond motifs is 3. The second-order valence-corrected chi connectivity index (χ2v) is 6.95. The molecule has 2 aliphatic rings. The molecule has 1 fully saturated rings. The highest BCUT2D eigenvalue weighted by molar-refractivity contribution is 6.26. The van der Waals surface area contributed by atoms with E-state index in [9.17, 15) is 14.4 Å². The van der Waals surface area contributed by atoms with Crippen molar-refractivity contribution in [3.63, 3.8) is 0 Å². The van der Waals surface area contributed by atoms with Crippen molar-refractivity contribution in [1.29, 1.82) is 0 Å². The van der Waals surface area contributed by atoms with Gasteiger partial charge in [-0.2, -0.15) is 0 Å². The molecule has 7 nitrogen and oxygen atoms in total. The van der Waals surface area contributed by atoms with E-state index in [1.807, 2.05) is 30.3 Å². The van der Waals surface area contributed by atoms with Crippen molar-refractivity contribution in [2.75, 3.05) is 26.4 Å². The van der Waals surface area contributed by atoms with Gasteiger partial charge >= 0.3 is 5.97 Å². The predicted octanol–water partition coefficient (Wildman–Crippen LogP) is 2.38. The van der Waals surface area contributed by atoms with Crippen LogP contribution in [0.15, 0.2) is 36.4 Å². The lowest BCUT2D eigenvalue weighted by atomic mass is 9.99. The third-order valence-corrected chi connectivity index (χ3v) is 5.29. The Hall–Kier alpha value is -2.77. The predicted molar refractivity (Wildman–Crippen MR) is 99.7 cm³/mol. The number of rotatable bonds is 5. The van der Waals surface area contributed by atoms with Crippen molar-refractivity contribution in [3.8, 4) is 0 Å². The van der Waals surface area contributed by atoms with Crippen LogP contribution in [0.5, 0.6) is 0 Å². The Balaban J connectivity index is 1.70. The Morgan fingerprint density at radius 2 is 1.86 bits per heavy atom. The number of hydrogen-bond acceptors (Lipinski definition) is 6. The van der Waals surface area contributed by atoms with E-state index in [0.717, 1.165) is 10.3 Å². The average Bonchev–Trinajstić information content (AvgIpc) is 3.23. The Bertz CT molecular complexity index is 963. The molecule has 146 valence electrons. The van der Waals surface area contributed by atoms with Crippen LogP contribution < -0.4 is 0 Å². The zero-order valence-electron chi connectivity index (χ0n) is 15.8. The average molecular weight is 383 g/mol. The number of imide groups is 1. The van der Waals surface area contributed by atoms with Gasteiger partial charge in [-0.05, 0) is 30.7 Å². The highest BCUT2D eigenvalue weighted by Crippen LogP contribution is 2.34. The summed E-state index contributed by atoms with van der Waals surface area (Å²) in [7, 11) is 0. The third kappa shape index (κ3) is 2.87. The molecule has 2 amide bonds. The molecule has 4 rings (SSSR count). The van der Waals surface area contributed by atoms with E-state index in [-0.39, 0.29) is 13.2 Å². The molecule has 2 aliphatic heterocycles. The van der Waals surface area contributed by atoms with Gasteiger partial charge in [0.1, 0.15) is 5.92 Å². The third-order valence-electron chi connectivity index (χ3n) is 5.29. The molecule has 0 bridgehead atoms. The second kappa shape index (κ2) is 7.00. The molecule has 2 heterocycles. The summed E-state index contributed by atoms with van der Waals surface area (Å²) in [6.07, 6.45) is 0. The van der Waals surface area contributed by atoms with Crippen molar-refractivity contribution in [3.05, 3.63) is 47.5 Å². The number of carbonyl (C=O) groups excluding carboxylic acids is 3. The molecule has 1 unspecified atom stereocenters. The molecule has 0 saturated carbocycles. The molecular formula is C21H21NO6. The normalized spacial score (nSPS) is 19.1. The minimum absolute atomic E-state index is 0.171. The van der Waals surface area contributed by atoms with Gasteiger partial charge in [0, 0.05) is 6.54 Å². The highest BCUT2D eigenvalue weighted by atomic mass is 16.7. The Kier molecular flexibility index (Phi) is 4.64. The van der Waals surface area contributed by atoms with E-state index in [4.69, 9.17) is 14.2 Å². The van der Waals surface area contributed by atoms with E-state index in [0.29, 0.717) is 29.7 Å². The quantitative estimate of drug-likeness (QED) is 0.582. The number of hydrogen-bond donors (Lipinski definition) is 0. The zero-order chi connectivity index (χ0) is 19.9. The fourth-order valence-electron chi connectivity index (χ4n) is 3.83. The van der Waals surface area contributed by atoms with Gasteiger partial charge in [0.15, 0.2) is 5.79 Å². The fourth-order valence-corrected chi connectivity index (χ4v) is 3.83. The van der Waals surface area contributed by atoms with Gasteiger partial charge in [0.05, 0.1) is 30.9 Å². The number of carbonyl (C=O) groups is 3. The second-order valence-electron chi connectivity index (χ2n) is 6.95. The molecule has 28 heavy (non-hydrogen) atoms. The minimum atomic E-state index is -1.25. The maximum Gasteiger partial charge on any atom is 0.316 e. The summed E-state index contributed by atoms with van der Waals surface area (Å²) in [6.45, 7) is 4.00. The molecule has 7 heteroatoms. The highest BCUT2D eigenvalue weighted by Gasteiger charge is 2.49. The van der Waals surface area contributed by atoms with E-state index in [1.165, 1.54) is 0 Å². The lowest BCUT2D eigenvalue weighted by Gasteiger charge is -2.32. The van der Waals surface area contributed by atoms with E-state index >= 15 is 0 Å². The first-order valence-electron chi connectivity index (χ1n) is 9.28. The van der Waals surface area contributed by atoms with Gasteiger partial charge in [-0.15, -0.1) is 0 Å². The number of amides is 2. The number of benzene rings is 2. The summed E-state index contributed by atoms with van der Waals surface area (Å²) in [5.41, 5.74) is 0.703. The van der Waals surface area contributed by atoms with Gasteiger partial charge in [0.25, 0.3) is 11.8 Å². The molecule has 1 atom stereocenters. The summed E-state index contributed by atoms with van der Waals surface area (Å²) in [5.74, 6) is -3.60. The summed E-state index contributed by atoms with van der Waals surface area (Å²) in [5, 5.41) is 1.59. The Labute approximate surface area is 162 Å². The number of ether oxygens (including phenoxy) is 3. The molecule has 1 saturated heterocycles. The summed E-state index contributed by atoms with van der Waals surface area (Å²) in [6, 6.07) is 10.9. The summed E-state index contributed by atoms with van der Waals surface area (Å²) < 4.78 is 16.4. The van der Waals surface area contributed by atoms with Crippen LogP contribution in [0.1, 0.15) is 34.6 Å². The first-order chi connectivity index (χ1) is 13.5. The molecular weight excluding hydrogens is 362 g/mol. The molecule has 0 aromatic heterocycles. The van der Waals surface area contributed by atoms with Gasteiger partial charge in [-0.1, -0.05) is 30.3 Å². The lowest BCUT2D eigenvalue weighted by Crippen LogP contribution is -2.49. The first-order valence-corrected chi connectivity index (χ1v) is 9.28. The molecule has 0 radical (unpaired) electrons. The maximum atomic E-state index is 13.1. The molecule has 2 aromatic carbocycles. The molecule has 0 aliphatic carbocycles. The number of esters is 1. The monoisotopic (exact) mass is 383 g/mol. The van der Waals surface area contributed by atoms with Crippen molar-refractivity contribution < 1.29 is 28.6 Å². The van der Waals surface area contributed by atoms with Crippen molar-refractivity contribution in [1.82, 2.24) is 4.90 Å². The fraction of sp³-hybridized carbons (Fsp3) is 0.381. The van der Waals surface area contributed by atoms with Crippen LogP contribution in [-0.2, 0) is 19.0 Å². The van der Waals surface area contributed by atoms with Crippen LogP contribution in [0.2, 0.25) is 0 Å². The molecule has 0 N–H and O–H groups in total. The van der Waals surface area contributed by atoms with Crippen LogP contribution in [0, 0.1) is 5.92 Å². The van der Waals surface area contributed by atoms with Crippen molar-refractivity contribution in [2.24, 2.45) is 5.92 Å². The van der Waals surface area contributed by atoms with Gasteiger partial charge < -0.3 is 14.2 Å². The van der Waals surface area contributed by atoms with Crippen LogP contribution in [-0.4, -0.2) is 54.8 Å². The summed E-state index contributed by atoms with van der Waals surface area (Å²) in [4.78, 5) is 39.8. The maximum absolute atomic E-state index is 13.1. The minimum Gasteiger partial charge on any atom is -0.466 e. The van der Waals surface area contributed by atoms with E-state index in [1.54, 1.807) is 19.9 Å². The van der Waals surface area contributed by atoms with Crippen LogP contribution in [0.4, 0.5) is 0 Å². The largest absolute Gasteiger partial charge is 0.466 e. The zero-order valence-corrected chi connectivity index (χ0v) is 15.8.